The van der Waals surface area contributed by atoms with Crippen molar-refractivity contribution >= 4 is 22.4 Å². The smallest absolute Gasteiger partial charge is 0.261 e. The molecule has 1 aromatic carbocycles. The third-order valence-electron chi connectivity index (χ3n) is 4.06. The van der Waals surface area contributed by atoms with E-state index in [1.165, 1.54) is 4.88 Å². The van der Waals surface area contributed by atoms with Gasteiger partial charge >= 0.3 is 0 Å². The van der Waals surface area contributed by atoms with Gasteiger partial charge in [0.1, 0.15) is 11.5 Å². The number of benzene rings is 1. The highest BCUT2D eigenvalue weighted by Crippen LogP contribution is 2.33. The van der Waals surface area contributed by atoms with Crippen LogP contribution in [-0.4, -0.2) is 25.1 Å². The van der Waals surface area contributed by atoms with E-state index in [-0.39, 0.29) is 5.91 Å². The minimum Gasteiger partial charge on any atom is -0.497 e. The molecule has 1 amide bonds. The number of anilines is 1. The molecule has 1 unspecified atom stereocenters. The van der Waals surface area contributed by atoms with Gasteiger partial charge in [0.25, 0.3) is 5.91 Å². The summed E-state index contributed by atoms with van der Waals surface area (Å²) in [6.07, 6.45) is 3.20. The van der Waals surface area contributed by atoms with E-state index in [1.54, 1.807) is 43.8 Å². The molecule has 0 bridgehead atoms. The minimum atomic E-state index is -0.236. The molecule has 1 atom stereocenters. The second-order valence-corrected chi connectivity index (χ2v) is 6.84. The van der Waals surface area contributed by atoms with Crippen LogP contribution in [0.1, 0.15) is 34.3 Å². The third kappa shape index (κ3) is 3.32. The Kier molecular flexibility index (Phi) is 4.52. The lowest BCUT2D eigenvalue weighted by molar-refractivity contribution is 0.102. The lowest BCUT2D eigenvalue weighted by Crippen LogP contribution is -2.13. The monoisotopic (exact) mass is 332 g/mol. The van der Waals surface area contributed by atoms with E-state index in [0.717, 1.165) is 25.0 Å². The molecule has 2 aromatic rings. The zero-order chi connectivity index (χ0) is 16.4. The summed E-state index contributed by atoms with van der Waals surface area (Å²) in [5, 5.41) is 3.54. The molecular weight excluding hydrogens is 312 g/mol. The Morgan fingerprint density at radius 3 is 2.91 bits per heavy atom. The molecule has 122 valence electrons. The highest BCUT2D eigenvalue weighted by Gasteiger charge is 2.21. The SMILES string of the molecule is COc1ccc(OC)c(C(=O)Nc2nc3c(s2)CC(C)CC3)c1. The summed E-state index contributed by atoms with van der Waals surface area (Å²) in [5.41, 5.74) is 1.56. The fourth-order valence-corrected chi connectivity index (χ4v) is 3.92. The topological polar surface area (TPSA) is 60.5 Å². The van der Waals surface area contributed by atoms with Gasteiger partial charge < -0.3 is 9.47 Å². The number of fused-ring (bicyclic) bond motifs is 1. The number of carbonyl (C=O) groups is 1. The molecular formula is C17H20N2O3S. The number of nitrogens with one attached hydrogen (secondary N) is 1. The third-order valence-corrected chi connectivity index (χ3v) is 5.09. The molecule has 1 aromatic heterocycles. The summed E-state index contributed by atoms with van der Waals surface area (Å²) in [6.45, 7) is 2.25. The van der Waals surface area contributed by atoms with Crippen molar-refractivity contribution in [3.05, 3.63) is 34.3 Å². The highest BCUT2D eigenvalue weighted by molar-refractivity contribution is 7.15. The molecule has 3 rings (SSSR count). The lowest BCUT2D eigenvalue weighted by atomic mass is 9.93. The number of aromatic nitrogens is 1. The maximum absolute atomic E-state index is 12.6. The van der Waals surface area contributed by atoms with E-state index in [9.17, 15) is 4.79 Å². The van der Waals surface area contributed by atoms with Crippen LogP contribution in [0.4, 0.5) is 5.13 Å². The standard InChI is InChI=1S/C17H20N2O3S/c1-10-4-6-13-15(8-10)23-17(18-13)19-16(20)12-9-11(21-2)5-7-14(12)22-3/h5,7,9-10H,4,6,8H2,1-3H3,(H,18,19,20). The molecule has 6 heteroatoms. The Morgan fingerprint density at radius 2 is 2.17 bits per heavy atom. The van der Waals surface area contributed by atoms with Gasteiger partial charge in [-0.05, 0) is 43.4 Å². The van der Waals surface area contributed by atoms with Crippen molar-refractivity contribution in [3.8, 4) is 11.5 Å². The zero-order valence-electron chi connectivity index (χ0n) is 13.5. The average Bonchev–Trinajstić information content (AvgIpc) is 2.95. The Bertz CT molecular complexity index is 727. The number of amides is 1. The maximum atomic E-state index is 12.6. The summed E-state index contributed by atoms with van der Waals surface area (Å²) in [5.74, 6) is 1.58. The largest absolute Gasteiger partial charge is 0.497 e. The first-order valence-electron chi connectivity index (χ1n) is 7.62. The van der Waals surface area contributed by atoms with Gasteiger partial charge in [-0.3, -0.25) is 10.1 Å². The fraction of sp³-hybridized carbons (Fsp3) is 0.412. The Hall–Kier alpha value is -2.08. The Labute approximate surface area is 139 Å². The number of carbonyl (C=O) groups excluding carboxylic acids is 1. The molecule has 5 nitrogen and oxygen atoms in total. The van der Waals surface area contributed by atoms with Crippen LogP contribution in [0.15, 0.2) is 18.2 Å². The molecule has 0 saturated heterocycles. The Morgan fingerprint density at radius 1 is 1.35 bits per heavy atom. The van der Waals surface area contributed by atoms with Crippen LogP contribution in [0.25, 0.3) is 0 Å². The fourth-order valence-electron chi connectivity index (χ4n) is 2.75. The van der Waals surface area contributed by atoms with Crippen molar-refractivity contribution in [1.29, 1.82) is 0 Å². The van der Waals surface area contributed by atoms with E-state index in [0.29, 0.717) is 28.1 Å². The number of methoxy groups -OCH3 is 2. The van der Waals surface area contributed by atoms with Crippen molar-refractivity contribution in [3.63, 3.8) is 0 Å². The predicted molar refractivity (Wildman–Crippen MR) is 90.8 cm³/mol. The van der Waals surface area contributed by atoms with Crippen LogP contribution in [0.3, 0.4) is 0 Å². The molecule has 0 radical (unpaired) electrons. The summed E-state index contributed by atoms with van der Waals surface area (Å²) < 4.78 is 10.4. The van der Waals surface area contributed by atoms with Gasteiger partial charge in [-0.25, -0.2) is 4.98 Å². The number of ether oxygens (including phenoxy) is 2. The van der Waals surface area contributed by atoms with Gasteiger partial charge in [-0.2, -0.15) is 0 Å². The normalized spacial score (nSPS) is 16.6. The average molecular weight is 332 g/mol. The van der Waals surface area contributed by atoms with Crippen LogP contribution < -0.4 is 14.8 Å². The minimum absolute atomic E-state index is 0.236. The van der Waals surface area contributed by atoms with Gasteiger partial charge in [0.05, 0.1) is 25.5 Å². The van der Waals surface area contributed by atoms with E-state index >= 15 is 0 Å². The summed E-state index contributed by atoms with van der Waals surface area (Å²) >= 11 is 1.57. The van der Waals surface area contributed by atoms with Crippen molar-refractivity contribution < 1.29 is 14.3 Å². The van der Waals surface area contributed by atoms with Crippen molar-refractivity contribution in [2.75, 3.05) is 19.5 Å². The number of thiazole rings is 1. The second kappa shape index (κ2) is 6.58. The molecule has 1 aliphatic carbocycles. The van der Waals surface area contributed by atoms with Crippen LogP contribution in [0.5, 0.6) is 11.5 Å². The van der Waals surface area contributed by atoms with Gasteiger partial charge in [0.2, 0.25) is 0 Å². The first-order valence-corrected chi connectivity index (χ1v) is 8.44. The number of nitrogens with zero attached hydrogens (tertiary/aromatic N) is 1. The molecule has 1 heterocycles. The number of hydrogen-bond acceptors (Lipinski definition) is 5. The zero-order valence-corrected chi connectivity index (χ0v) is 14.3. The lowest BCUT2D eigenvalue weighted by Gasteiger charge is -2.15. The predicted octanol–water partition coefficient (Wildman–Crippen LogP) is 3.54. The first-order chi connectivity index (χ1) is 11.1. The molecule has 0 fully saturated rings. The van der Waals surface area contributed by atoms with E-state index in [4.69, 9.17) is 9.47 Å². The maximum Gasteiger partial charge on any atom is 0.261 e. The van der Waals surface area contributed by atoms with Crippen molar-refractivity contribution in [2.24, 2.45) is 5.92 Å². The summed E-state index contributed by atoms with van der Waals surface area (Å²) in [7, 11) is 3.11. The van der Waals surface area contributed by atoms with Crippen LogP contribution in [0, 0.1) is 5.92 Å². The molecule has 0 spiro atoms. The van der Waals surface area contributed by atoms with Gasteiger partial charge in [-0.1, -0.05) is 6.92 Å². The number of aryl methyl sites for hydroxylation is 1. The van der Waals surface area contributed by atoms with E-state index in [2.05, 4.69) is 17.2 Å². The molecule has 23 heavy (non-hydrogen) atoms. The van der Waals surface area contributed by atoms with Gasteiger partial charge in [0.15, 0.2) is 5.13 Å². The number of rotatable bonds is 4. The summed E-state index contributed by atoms with van der Waals surface area (Å²) in [4.78, 5) is 18.4. The van der Waals surface area contributed by atoms with Crippen LogP contribution in [0.2, 0.25) is 0 Å². The van der Waals surface area contributed by atoms with Gasteiger partial charge in [-0.15, -0.1) is 11.3 Å². The van der Waals surface area contributed by atoms with Gasteiger partial charge in [0, 0.05) is 4.88 Å². The highest BCUT2D eigenvalue weighted by atomic mass is 32.1. The molecule has 1 aliphatic rings. The van der Waals surface area contributed by atoms with Crippen molar-refractivity contribution in [1.82, 2.24) is 4.98 Å². The molecule has 1 N–H and O–H groups in total. The quantitative estimate of drug-likeness (QED) is 0.930. The summed E-state index contributed by atoms with van der Waals surface area (Å²) in [6, 6.07) is 5.16. The molecule has 0 aliphatic heterocycles. The Balaban J connectivity index is 1.82. The van der Waals surface area contributed by atoms with Crippen LogP contribution in [-0.2, 0) is 12.8 Å². The van der Waals surface area contributed by atoms with Crippen molar-refractivity contribution in [2.45, 2.75) is 26.2 Å². The number of hydrogen-bond donors (Lipinski definition) is 1. The first kappa shape index (κ1) is 15.8. The molecule has 0 saturated carbocycles. The second-order valence-electron chi connectivity index (χ2n) is 5.76. The van der Waals surface area contributed by atoms with E-state index in [1.807, 2.05) is 0 Å². The van der Waals surface area contributed by atoms with Crippen LogP contribution >= 0.6 is 11.3 Å². The van der Waals surface area contributed by atoms with E-state index < -0.39 is 0 Å².